The molecule has 4 nitrogen and oxygen atoms in total. The Labute approximate surface area is 65.6 Å². The molecule has 0 saturated heterocycles. The minimum Gasteiger partial charge on any atom is -0.396 e. The fraction of sp³-hybridized carbons (Fsp3) is 0.714. The topological polar surface area (TPSA) is 66.4 Å². The molecule has 0 aromatic heterocycles. The summed E-state index contributed by atoms with van der Waals surface area (Å²) in [6, 6.07) is 0. The van der Waals surface area contributed by atoms with Crippen LogP contribution in [0.15, 0.2) is 0 Å². The highest BCUT2D eigenvalue weighted by molar-refractivity contribution is 5.93. The number of hydrogen-bond acceptors (Lipinski definition) is 3. The Hall–Kier alpha value is -0.900. The van der Waals surface area contributed by atoms with Crippen LogP contribution in [0, 0.1) is 0 Å². The number of aliphatic hydroxyl groups excluding tert-OH is 1. The highest BCUT2D eigenvalue weighted by Crippen LogP contribution is 1.92. The Balaban J connectivity index is 3.30. The molecular weight excluding hydrogens is 146 g/mol. The van der Waals surface area contributed by atoms with Crippen LogP contribution >= 0.6 is 0 Å². The van der Waals surface area contributed by atoms with Gasteiger partial charge in [0.25, 0.3) is 0 Å². The third kappa shape index (κ3) is 6.99. The van der Waals surface area contributed by atoms with Crippen LogP contribution in [-0.4, -0.2) is 23.5 Å². The van der Waals surface area contributed by atoms with Gasteiger partial charge in [-0.1, -0.05) is 0 Å². The molecule has 11 heavy (non-hydrogen) atoms. The van der Waals surface area contributed by atoms with E-state index in [1.807, 2.05) is 0 Å². The molecule has 0 radical (unpaired) electrons. The number of hydrogen-bond donors (Lipinski definition) is 2. The second kappa shape index (κ2) is 5.85. The lowest BCUT2D eigenvalue weighted by Crippen LogP contribution is -2.27. The zero-order valence-electron chi connectivity index (χ0n) is 6.59. The maximum absolute atomic E-state index is 10.7. The lowest BCUT2D eigenvalue weighted by atomic mass is 10.2. The predicted molar refractivity (Wildman–Crippen MR) is 39.8 cm³/mol. The predicted octanol–water partition coefficient (Wildman–Crippen LogP) is -0.188. The monoisotopic (exact) mass is 159 g/mol. The first-order valence-electron chi connectivity index (χ1n) is 3.58. The number of carbonyl (C=O) groups is 2. The van der Waals surface area contributed by atoms with E-state index in [9.17, 15) is 9.59 Å². The van der Waals surface area contributed by atoms with Crippen molar-refractivity contribution in [3.05, 3.63) is 0 Å². The number of unbranched alkanes of at least 4 members (excludes halogenated alkanes) is 1. The van der Waals surface area contributed by atoms with Crippen molar-refractivity contribution in [2.75, 3.05) is 6.61 Å². The van der Waals surface area contributed by atoms with E-state index in [0.717, 1.165) is 0 Å². The Bertz CT molecular complexity index is 145. The average molecular weight is 159 g/mol. The van der Waals surface area contributed by atoms with Crippen molar-refractivity contribution in [1.82, 2.24) is 5.32 Å². The molecule has 0 aliphatic rings. The van der Waals surface area contributed by atoms with Crippen LogP contribution in [0.1, 0.15) is 26.2 Å². The molecule has 0 aromatic carbocycles. The fourth-order valence-corrected chi connectivity index (χ4v) is 0.656. The molecule has 0 saturated carbocycles. The minimum absolute atomic E-state index is 0.0906. The maximum atomic E-state index is 10.7. The van der Waals surface area contributed by atoms with Gasteiger partial charge < -0.3 is 5.11 Å². The van der Waals surface area contributed by atoms with E-state index in [-0.39, 0.29) is 18.4 Å². The van der Waals surface area contributed by atoms with Gasteiger partial charge in [-0.2, -0.15) is 0 Å². The molecule has 0 aliphatic heterocycles. The van der Waals surface area contributed by atoms with Crippen LogP contribution in [0.5, 0.6) is 0 Å². The van der Waals surface area contributed by atoms with Gasteiger partial charge in [0.15, 0.2) is 0 Å². The summed E-state index contributed by atoms with van der Waals surface area (Å²) in [6.07, 6.45) is 1.53. The number of nitrogens with one attached hydrogen (secondary N) is 1. The lowest BCUT2D eigenvalue weighted by Gasteiger charge is -1.98. The summed E-state index contributed by atoms with van der Waals surface area (Å²) in [5.74, 6) is -0.607. The zero-order chi connectivity index (χ0) is 8.69. The fourth-order valence-electron chi connectivity index (χ4n) is 0.656. The van der Waals surface area contributed by atoms with Crippen LogP contribution in [0.25, 0.3) is 0 Å². The van der Waals surface area contributed by atoms with Crippen molar-refractivity contribution in [2.24, 2.45) is 0 Å². The van der Waals surface area contributed by atoms with Gasteiger partial charge in [0.2, 0.25) is 11.8 Å². The first-order valence-corrected chi connectivity index (χ1v) is 3.58. The molecule has 0 bridgehead atoms. The molecule has 0 heterocycles. The highest BCUT2D eigenvalue weighted by Gasteiger charge is 2.01. The SMILES string of the molecule is CC(=O)NC(=O)CCCCO. The maximum Gasteiger partial charge on any atom is 0.226 e. The molecule has 2 N–H and O–H groups in total. The van der Waals surface area contributed by atoms with Gasteiger partial charge in [-0.15, -0.1) is 0 Å². The zero-order valence-corrected chi connectivity index (χ0v) is 6.59. The van der Waals surface area contributed by atoms with Crippen LogP contribution in [0.3, 0.4) is 0 Å². The summed E-state index contributed by atoms with van der Waals surface area (Å²) in [6.45, 7) is 1.39. The molecule has 64 valence electrons. The van der Waals surface area contributed by atoms with Gasteiger partial charge in [0.1, 0.15) is 0 Å². The number of imide groups is 1. The second-order valence-corrected chi connectivity index (χ2v) is 2.29. The third-order valence-corrected chi connectivity index (χ3v) is 1.13. The van der Waals surface area contributed by atoms with Crippen LogP contribution < -0.4 is 5.32 Å². The lowest BCUT2D eigenvalue weighted by molar-refractivity contribution is -0.129. The number of rotatable bonds is 4. The second-order valence-electron chi connectivity index (χ2n) is 2.29. The molecule has 0 aromatic rings. The van der Waals surface area contributed by atoms with Gasteiger partial charge in [0, 0.05) is 20.0 Å². The molecule has 0 atom stereocenters. The molecule has 0 spiro atoms. The highest BCUT2D eigenvalue weighted by atomic mass is 16.3. The average Bonchev–Trinajstić information content (AvgIpc) is 1.86. The summed E-state index contributed by atoms with van der Waals surface area (Å²) < 4.78 is 0. The molecule has 0 fully saturated rings. The van der Waals surface area contributed by atoms with E-state index in [4.69, 9.17) is 5.11 Å². The summed E-state index contributed by atoms with van der Waals surface area (Å²) >= 11 is 0. The van der Waals surface area contributed by atoms with Crippen molar-refractivity contribution >= 4 is 11.8 Å². The van der Waals surface area contributed by atoms with Gasteiger partial charge in [0.05, 0.1) is 0 Å². The standard InChI is InChI=1S/C7H13NO3/c1-6(10)8-7(11)4-2-3-5-9/h9H,2-5H2,1H3,(H,8,10,11). The normalized spacial score (nSPS) is 9.27. The van der Waals surface area contributed by atoms with E-state index in [2.05, 4.69) is 5.32 Å². The van der Waals surface area contributed by atoms with Crippen LogP contribution in [0.2, 0.25) is 0 Å². The molecule has 4 heteroatoms. The summed E-state index contributed by atoms with van der Waals surface area (Å²) in [4.78, 5) is 21.0. The van der Waals surface area contributed by atoms with E-state index < -0.39 is 0 Å². The van der Waals surface area contributed by atoms with Crippen molar-refractivity contribution in [1.29, 1.82) is 0 Å². The Kier molecular flexibility index (Phi) is 5.37. The van der Waals surface area contributed by atoms with Gasteiger partial charge in [-0.05, 0) is 12.8 Å². The smallest absolute Gasteiger partial charge is 0.226 e. The molecular formula is C7H13NO3. The van der Waals surface area contributed by atoms with E-state index in [1.165, 1.54) is 6.92 Å². The van der Waals surface area contributed by atoms with Crippen molar-refractivity contribution in [3.63, 3.8) is 0 Å². The first kappa shape index (κ1) is 10.1. The summed E-state index contributed by atoms with van der Waals surface area (Å²) in [5, 5.41) is 10.5. The molecule has 0 aliphatic carbocycles. The number of amides is 2. The van der Waals surface area contributed by atoms with Crippen LogP contribution in [-0.2, 0) is 9.59 Å². The van der Waals surface area contributed by atoms with E-state index in [0.29, 0.717) is 19.3 Å². The van der Waals surface area contributed by atoms with Crippen molar-refractivity contribution in [2.45, 2.75) is 26.2 Å². The first-order chi connectivity index (χ1) is 5.16. The van der Waals surface area contributed by atoms with E-state index >= 15 is 0 Å². The minimum atomic E-state index is -0.334. The van der Waals surface area contributed by atoms with Crippen molar-refractivity contribution in [3.8, 4) is 0 Å². The largest absolute Gasteiger partial charge is 0.396 e. The number of carbonyl (C=O) groups excluding carboxylic acids is 2. The Morgan fingerprint density at radius 3 is 2.45 bits per heavy atom. The third-order valence-electron chi connectivity index (χ3n) is 1.13. The van der Waals surface area contributed by atoms with E-state index in [1.54, 1.807) is 0 Å². The van der Waals surface area contributed by atoms with Crippen LogP contribution in [0.4, 0.5) is 0 Å². The molecule has 2 amide bonds. The Morgan fingerprint density at radius 2 is 2.00 bits per heavy atom. The molecule has 0 rings (SSSR count). The van der Waals surface area contributed by atoms with Crippen molar-refractivity contribution < 1.29 is 14.7 Å². The molecule has 0 unspecified atom stereocenters. The summed E-state index contributed by atoms with van der Waals surface area (Å²) in [7, 11) is 0. The Morgan fingerprint density at radius 1 is 1.36 bits per heavy atom. The van der Waals surface area contributed by atoms with Gasteiger partial charge >= 0.3 is 0 Å². The van der Waals surface area contributed by atoms with Gasteiger partial charge in [-0.3, -0.25) is 14.9 Å². The quantitative estimate of drug-likeness (QED) is 0.559. The van der Waals surface area contributed by atoms with Gasteiger partial charge in [-0.25, -0.2) is 0 Å². The number of aliphatic hydroxyl groups is 1. The summed E-state index contributed by atoms with van der Waals surface area (Å²) in [5.41, 5.74) is 0.